The topological polar surface area (TPSA) is 36.8 Å². The molecule has 1 aliphatic heterocycles. The van der Waals surface area contributed by atoms with Gasteiger partial charge in [-0.2, -0.15) is 18.3 Å². The summed E-state index contributed by atoms with van der Waals surface area (Å²) in [7, 11) is 2.01. The minimum Gasteiger partial charge on any atom is -0.380 e. The minimum atomic E-state index is -4.34. The van der Waals surface area contributed by atoms with E-state index in [-0.39, 0.29) is 5.92 Å². The van der Waals surface area contributed by atoms with Gasteiger partial charge in [0, 0.05) is 73.8 Å². The van der Waals surface area contributed by atoms with Crippen molar-refractivity contribution in [3.63, 3.8) is 0 Å². The number of rotatable bonds is 18. The van der Waals surface area contributed by atoms with Crippen molar-refractivity contribution < 1.29 is 22.3 Å². The highest BCUT2D eigenvalue weighted by atomic mass is 19.4. The molecule has 0 bridgehead atoms. The molecule has 2 fully saturated rings. The van der Waals surface area contributed by atoms with Gasteiger partial charge in [0.2, 0.25) is 0 Å². The molecule has 1 saturated heterocycles. The lowest BCUT2D eigenvalue weighted by Gasteiger charge is -2.33. The fraction of sp³-hybridized carbons (Fsp3) is 0.698. The monoisotopic (exact) mass is 1030 g/mol. The molecule has 420 valence electrons. The van der Waals surface area contributed by atoms with Gasteiger partial charge in [-0.05, 0) is 172 Å². The molecule has 10 heteroatoms. The van der Waals surface area contributed by atoms with Crippen molar-refractivity contribution in [1.82, 2.24) is 24.5 Å². The van der Waals surface area contributed by atoms with Crippen LogP contribution >= 0.6 is 0 Å². The number of aromatic nitrogens is 2. The Labute approximate surface area is 446 Å². The molecule has 2 heterocycles. The summed E-state index contributed by atoms with van der Waals surface area (Å²) in [5.41, 5.74) is 4.16. The second kappa shape index (κ2) is 35.0. The van der Waals surface area contributed by atoms with Crippen LogP contribution in [0.5, 0.6) is 0 Å². The summed E-state index contributed by atoms with van der Waals surface area (Å²) in [4.78, 5) is 7.24. The Hall–Kier alpha value is -3.47. The van der Waals surface area contributed by atoms with Crippen LogP contribution in [0.3, 0.4) is 0 Å². The molecule has 2 aromatic carbocycles. The number of unbranched alkanes of at least 4 members (excludes halogenated alkanes) is 1. The van der Waals surface area contributed by atoms with Crippen molar-refractivity contribution in [2.75, 3.05) is 46.4 Å². The lowest BCUT2D eigenvalue weighted by Crippen LogP contribution is -2.34. The first kappa shape index (κ1) is 69.5. The van der Waals surface area contributed by atoms with E-state index in [1.165, 1.54) is 63.5 Å². The molecular formula is C63H109F4N5O. The van der Waals surface area contributed by atoms with Crippen molar-refractivity contribution in [1.29, 1.82) is 0 Å². The molecule has 3 aromatic rings. The minimum absolute atomic E-state index is 0.278. The number of hydrogen-bond acceptors (Lipinski definition) is 5. The summed E-state index contributed by atoms with van der Waals surface area (Å²) >= 11 is 0. The molecule has 6 nitrogen and oxygen atoms in total. The average molecular weight is 1030 g/mol. The SMILES string of the molecule is C=C(/C=C(/[C@H](C)C(C)C)N(C)C(C)C)c1cccc(C(F)(F)F)c1.CC.CC.CC(C)N1CCCOCC1.CC1C(C)C1c1cc(-c2cccc(C(C)(C)F)c2)nn1C(C)C.CCCCN(CCC)C(C)CC. The molecule has 1 saturated carbocycles. The van der Waals surface area contributed by atoms with Crippen molar-refractivity contribution in [3.05, 3.63) is 95.3 Å². The normalized spacial score (nSPS) is 17.9. The van der Waals surface area contributed by atoms with Gasteiger partial charge in [-0.3, -0.25) is 9.58 Å². The third-order valence-electron chi connectivity index (χ3n) is 14.3. The number of ether oxygens (including phenoxy) is 1. The first-order chi connectivity index (χ1) is 34.2. The van der Waals surface area contributed by atoms with E-state index in [0.29, 0.717) is 58.5 Å². The molecule has 1 aliphatic carbocycles. The standard InChI is InChI=1S/C20H28F3N.C20H27FN2.C11H25N.C8H17NO.2C2H6/c1-13(2)16(6)19(24(7)14(3)4)11-15(5)17-9-8-10-18(12-17)20(21,22)23;1-12(2)23-18(19-13(3)14(19)4)11-17(22-23)15-8-7-9-16(10-15)20(5,6)21;1-5-8-10-12(9-6-2)11(4)7-3;1-8(2)9-4-3-6-10-7-5-9;2*1-2/h8-14,16H,5H2,1-4,6-7H3;7-14,19H,1-6H3;11H,5-10H2,1-4H3;8H,3-7H2,1-2H3;2*1-2H3/b19-11-;;;;;/t16-;;;;;/m1...../s1. The summed E-state index contributed by atoms with van der Waals surface area (Å²) in [5, 5.41) is 4.83. The van der Waals surface area contributed by atoms with E-state index in [1.54, 1.807) is 19.9 Å². The van der Waals surface area contributed by atoms with Gasteiger partial charge in [0.15, 0.2) is 0 Å². The van der Waals surface area contributed by atoms with Crippen LogP contribution in [0.25, 0.3) is 16.8 Å². The zero-order valence-corrected chi connectivity index (χ0v) is 50.6. The molecule has 0 spiro atoms. The third-order valence-corrected chi connectivity index (χ3v) is 14.3. The smallest absolute Gasteiger partial charge is 0.380 e. The van der Waals surface area contributed by atoms with Crippen LogP contribution in [0, 0.1) is 23.7 Å². The van der Waals surface area contributed by atoms with Crippen LogP contribution in [0.4, 0.5) is 17.6 Å². The predicted octanol–water partition coefficient (Wildman–Crippen LogP) is 18.4. The number of nitrogens with zero attached hydrogens (tertiary/aromatic N) is 5. The first-order valence-electron chi connectivity index (χ1n) is 28.5. The van der Waals surface area contributed by atoms with Crippen molar-refractivity contribution in [2.45, 2.75) is 219 Å². The lowest BCUT2D eigenvalue weighted by molar-refractivity contribution is -0.137. The van der Waals surface area contributed by atoms with Crippen molar-refractivity contribution in [2.24, 2.45) is 23.7 Å². The van der Waals surface area contributed by atoms with Gasteiger partial charge in [-0.15, -0.1) is 0 Å². The lowest BCUT2D eigenvalue weighted by atomic mass is 9.91. The van der Waals surface area contributed by atoms with Crippen LogP contribution in [0.2, 0.25) is 0 Å². The number of hydrogen-bond donors (Lipinski definition) is 0. The van der Waals surface area contributed by atoms with Crippen LogP contribution in [-0.2, 0) is 16.6 Å². The van der Waals surface area contributed by atoms with Gasteiger partial charge in [0.05, 0.1) is 17.9 Å². The molecule has 0 amide bonds. The summed E-state index contributed by atoms with van der Waals surface area (Å²) in [5.74, 6) is 2.73. The van der Waals surface area contributed by atoms with Gasteiger partial charge in [-0.25, -0.2) is 4.39 Å². The van der Waals surface area contributed by atoms with Gasteiger partial charge in [0.25, 0.3) is 0 Å². The highest BCUT2D eigenvalue weighted by molar-refractivity contribution is 5.73. The molecule has 0 radical (unpaired) electrons. The van der Waals surface area contributed by atoms with Crippen molar-refractivity contribution in [3.8, 4) is 11.3 Å². The summed E-state index contributed by atoms with van der Waals surface area (Å²) in [6.07, 6.45) is 4.00. The summed E-state index contributed by atoms with van der Waals surface area (Å²) in [6.45, 7) is 55.1. The maximum atomic E-state index is 14.2. The van der Waals surface area contributed by atoms with E-state index in [4.69, 9.17) is 9.84 Å². The van der Waals surface area contributed by atoms with Gasteiger partial charge < -0.3 is 14.5 Å². The number of allylic oxidation sites excluding steroid dienone is 3. The largest absolute Gasteiger partial charge is 0.416 e. The second-order valence-corrected chi connectivity index (χ2v) is 21.4. The number of benzene rings is 2. The Kier molecular flexibility index (Phi) is 33.3. The first-order valence-corrected chi connectivity index (χ1v) is 28.5. The van der Waals surface area contributed by atoms with Crippen molar-refractivity contribution >= 4 is 5.57 Å². The van der Waals surface area contributed by atoms with E-state index in [1.807, 2.05) is 65.1 Å². The Morgan fingerprint density at radius 3 is 1.85 bits per heavy atom. The van der Waals surface area contributed by atoms with Crippen LogP contribution < -0.4 is 0 Å². The van der Waals surface area contributed by atoms with Crippen LogP contribution in [0.1, 0.15) is 212 Å². The molecule has 3 unspecified atom stereocenters. The average Bonchev–Trinajstić information content (AvgIpc) is 3.86. The molecule has 4 atom stereocenters. The highest BCUT2D eigenvalue weighted by Crippen LogP contribution is 2.54. The number of alkyl halides is 4. The van der Waals surface area contributed by atoms with Gasteiger partial charge in [0.1, 0.15) is 5.67 Å². The Balaban J connectivity index is 0.000000977. The van der Waals surface area contributed by atoms with Gasteiger partial charge in [-0.1, -0.05) is 126 Å². The van der Waals surface area contributed by atoms with E-state index >= 15 is 0 Å². The Morgan fingerprint density at radius 2 is 1.37 bits per heavy atom. The van der Waals surface area contributed by atoms with E-state index in [9.17, 15) is 17.6 Å². The third kappa shape index (κ3) is 24.0. The zero-order chi connectivity index (χ0) is 56.4. The molecular weight excluding hydrogens is 919 g/mol. The fourth-order valence-electron chi connectivity index (χ4n) is 8.55. The maximum Gasteiger partial charge on any atom is 0.416 e. The summed E-state index contributed by atoms with van der Waals surface area (Å²) in [6, 6.07) is 17.3. The predicted molar refractivity (Wildman–Crippen MR) is 310 cm³/mol. The highest BCUT2D eigenvalue weighted by Gasteiger charge is 2.46. The zero-order valence-electron chi connectivity index (χ0n) is 50.6. The Bertz CT molecular complexity index is 1930. The molecule has 2 aliphatic rings. The molecule has 1 aromatic heterocycles. The Morgan fingerprint density at radius 1 is 0.781 bits per heavy atom. The van der Waals surface area contributed by atoms with Crippen LogP contribution in [-0.4, -0.2) is 89.0 Å². The molecule has 5 rings (SSSR count). The quantitative estimate of drug-likeness (QED) is 0.0937. The molecule has 0 N–H and O–H groups in total. The van der Waals surface area contributed by atoms with Crippen LogP contribution in [0.15, 0.2) is 72.9 Å². The van der Waals surface area contributed by atoms with E-state index in [2.05, 4.69) is 136 Å². The maximum absolute atomic E-state index is 14.2. The second-order valence-electron chi connectivity index (χ2n) is 21.4. The number of halogens is 4. The fourth-order valence-corrected chi connectivity index (χ4v) is 8.55. The van der Waals surface area contributed by atoms with E-state index in [0.717, 1.165) is 54.9 Å². The summed E-state index contributed by atoms with van der Waals surface area (Å²) < 4.78 is 60.4. The molecule has 73 heavy (non-hydrogen) atoms. The van der Waals surface area contributed by atoms with E-state index < -0.39 is 17.4 Å². The van der Waals surface area contributed by atoms with Gasteiger partial charge >= 0.3 is 6.18 Å².